The Morgan fingerprint density at radius 3 is 2.32 bits per heavy atom. The number of allylic oxidation sites excluding steroid dienone is 1. The van der Waals surface area contributed by atoms with Crippen molar-refractivity contribution in [1.82, 2.24) is 0 Å². The van der Waals surface area contributed by atoms with Crippen LogP contribution in [-0.2, 0) is 0 Å². The molecule has 0 saturated carbocycles. The number of hydrogen-bond acceptors (Lipinski definition) is 5. The molecular formula is C26H38O5. The number of rotatable bonds is 16. The Morgan fingerprint density at radius 1 is 0.871 bits per heavy atom. The zero-order valence-electron chi connectivity index (χ0n) is 19.4. The average molecular weight is 431 g/mol. The summed E-state index contributed by atoms with van der Waals surface area (Å²) >= 11 is 0. The van der Waals surface area contributed by atoms with Gasteiger partial charge in [0.1, 0.15) is 16.7 Å². The minimum Gasteiger partial charge on any atom is -0.492 e. The van der Waals surface area contributed by atoms with Crippen molar-refractivity contribution in [3.63, 3.8) is 0 Å². The van der Waals surface area contributed by atoms with Gasteiger partial charge in [-0.2, -0.15) is 0 Å². The molecule has 0 aliphatic carbocycles. The van der Waals surface area contributed by atoms with Crippen molar-refractivity contribution in [2.75, 3.05) is 20.3 Å². The summed E-state index contributed by atoms with van der Waals surface area (Å²) < 4.78 is 22.8. The first-order valence-corrected chi connectivity index (χ1v) is 11.8. The highest BCUT2D eigenvalue weighted by molar-refractivity contribution is 5.91. The second-order valence-electron chi connectivity index (χ2n) is 7.72. The number of hydrogen-bond donors (Lipinski definition) is 0. The maximum atomic E-state index is 12.4. The minimum atomic E-state index is -0.538. The standard InChI is InChI=1S/C26H38O5/c1-4-6-8-10-11-12-13-15-20-30-24-23-21(29-19-14-9-7-5-2)17-16-18-22(23)31-26(27)25(24)28-3/h7,9,16-18H,4-6,8,10-15,19-20H2,1-3H3/b9-7+. The lowest BCUT2D eigenvalue weighted by Crippen LogP contribution is -2.09. The Labute approximate surface area is 186 Å². The van der Waals surface area contributed by atoms with Crippen LogP contribution < -0.4 is 19.8 Å². The molecule has 1 heterocycles. The molecule has 2 rings (SSSR count). The number of ether oxygens (including phenoxy) is 3. The molecule has 0 atom stereocenters. The highest BCUT2D eigenvalue weighted by Gasteiger charge is 2.20. The lowest BCUT2D eigenvalue weighted by Gasteiger charge is -2.15. The van der Waals surface area contributed by atoms with E-state index in [0.717, 1.165) is 25.7 Å². The van der Waals surface area contributed by atoms with Crippen LogP contribution in [0.25, 0.3) is 11.0 Å². The lowest BCUT2D eigenvalue weighted by molar-refractivity contribution is 0.277. The molecule has 0 unspecified atom stereocenters. The molecule has 0 bridgehead atoms. The maximum Gasteiger partial charge on any atom is 0.383 e. The Bertz CT molecular complexity index is 853. The molecule has 0 saturated heterocycles. The quantitative estimate of drug-likeness (QED) is 0.162. The van der Waals surface area contributed by atoms with Crippen LogP contribution in [0, 0.1) is 0 Å². The Morgan fingerprint density at radius 2 is 1.61 bits per heavy atom. The number of benzene rings is 1. The summed E-state index contributed by atoms with van der Waals surface area (Å²) in [5.41, 5.74) is -0.0951. The molecule has 0 radical (unpaired) electrons. The molecule has 5 heteroatoms. The summed E-state index contributed by atoms with van der Waals surface area (Å²) in [6.45, 7) is 5.40. The third-order valence-electron chi connectivity index (χ3n) is 5.20. The molecule has 1 aromatic carbocycles. The van der Waals surface area contributed by atoms with Crippen LogP contribution in [0.2, 0.25) is 0 Å². The second-order valence-corrected chi connectivity index (χ2v) is 7.72. The van der Waals surface area contributed by atoms with Crippen molar-refractivity contribution in [2.45, 2.75) is 78.1 Å². The van der Waals surface area contributed by atoms with Crippen molar-refractivity contribution in [3.8, 4) is 17.2 Å². The molecule has 0 spiro atoms. The van der Waals surface area contributed by atoms with E-state index in [1.54, 1.807) is 6.07 Å². The smallest absolute Gasteiger partial charge is 0.383 e. The summed E-state index contributed by atoms with van der Waals surface area (Å²) in [5, 5.41) is 0.651. The summed E-state index contributed by atoms with van der Waals surface area (Å²) in [6.07, 6.45) is 15.8. The van der Waals surface area contributed by atoms with E-state index in [-0.39, 0.29) is 5.75 Å². The van der Waals surface area contributed by atoms with Crippen molar-refractivity contribution < 1.29 is 18.6 Å². The molecule has 5 nitrogen and oxygen atoms in total. The fraction of sp³-hybridized carbons (Fsp3) is 0.577. The first-order valence-electron chi connectivity index (χ1n) is 11.8. The molecule has 1 aromatic heterocycles. The van der Waals surface area contributed by atoms with E-state index >= 15 is 0 Å². The highest BCUT2D eigenvalue weighted by atomic mass is 16.5. The predicted molar refractivity (Wildman–Crippen MR) is 127 cm³/mol. The fourth-order valence-electron chi connectivity index (χ4n) is 3.54. The third-order valence-corrected chi connectivity index (χ3v) is 5.20. The van der Waals surface area contributed by atoms with Gasteiger partial charge >= 0.3 is 5.63 Å². The van der Waals surface area contributed by atoms with Gasteiger partial charge in [0.15, 0.2) is 5.75 Å². The molecule has 0 fully saturated rings. The Kier molecular flexibility index (Phi) is 11.7. The first kappa shape index (κ1) is 24.8. The van der Waals surface area contributed by atoms with Crippen LogP contribution in [0.5, 0.6) is 17.2 Å². The van der Waals surface area contributed by atoms with Crippen molar-refractivity contribution in [3.05, 3.63) is 40.8 Å². The van der Waals surface area contributed by atoms with Crippen LogP contribution >= 0.6 is 0 Å². The Balaban J connectivity index is 2.06. The van der Waals surface area contributed by atoms with Crippen LogP contribution in [-0.4, -0.2) is 20.3 Å². The van der Waals surface area contributed by atoms with Gasteiger partial charge in [0.05, 0.1) is 20.3 Å². The van der Waals surface area contributed by atoms with Crippen LogP contribution in [0.3, 0.4) is 0 Å². The molecule has 0 aliphatic rings. The molecule has 172 valence electrons. The average Bonchev–Trinajstić information content (AvgIpc) is 2.77. The fourth-order valence-corrected chi connectivity index (χ4v) is 3.54. The number of unbranched alkanes of at least 4 members (excludes halogenated alkanes) is 7. The van der Waals surface area contributed by atoms with E-state index in [1.807, 2.05) is 12.1 Å². The summed E-state index contributed by atoms with van der Waals surface area (Å²) in [7, 11) is 1.46. The SMILES string of the molecule is CC/C=C/CCOc1cccc2oc(=O)c(OC)c(OCCCCCCCCCC)c12. The van der Waals surface area contributed by atoms with Gasteiger partial charge < -0.3 is 18.6 Å². The molecule has 31 heavy (non-hydrogen) atoms. The number of fused-ring (bicyclic) bond motifs is 1. The van der Waals surface area contributed by atoms with E-state index in [1.165, 1.54) is 45.6 Å². The van der Waals surface area contributed by atoms with E-state index in [0.29, 0.717) is 35.7 Å². The van der Waals surface area contributed by atoms with Gasteiger partial charge in [-0.3, -0.25) is 0 Å². The first-order chi connectivity index (χ1) is 15.2. The highest BCUT2D eigenvalue weighted by Crippen LogP contribution is 2.39. The van der Waals surface area contributed by atoms with Crippen LogP contribution in [0.1, 0.15) is 78.1 Å². The Hall–Kier alpha value is -2.43. The van der Waals surface area contributed by atoms with Crippen molar-refractivity contribution in [1.29, 1.82) is 0 Å². The molecular weight excluding hydrogens is 392 g/mol. The van der Waals surface area contributed by atoms with Gasteiger partial charge in [0, 0.05) is 0 Å². The van der Waals surface area contributed by atoms with Crippen molar-refractivity contribution in [2.24, 2.45) is 0 Å². The van der Waals surface area contributed by atoms with Gasteiger partial charge in [-0.05, 0) is 31.4 Å². The summed E-state index contributed by atoms with van der Waals surface area (Å²) in [6, 6.07) is 5.44. The lowest BCUT2D eigenvalue weighted by atomic mass is 10.1. The van der Waals surface area contributed by atoms with Crippen LogP contribution in [0.15, 0.2) is 39.6 Å². The van der Waals surface area contributed by atoms with Gasteiger partial charge in [0.2, 0.25) is 5.75 Å². The normalized spacial score (nSPS) is 11.3. The molecule has 0 N–H and O–H groups in total. The molecule has 0 amide bonds. The zero-order valence-corrected chi connectivity index (χ0v) is 19.4. The zero-order chi connectivity index (χ0) is 22.3. The second kappa shape index (κ2) is 14.6. The topological polar surface area (TPSA) is 57.9 Å². The van der Waals surface area contributed by atoms with Gasteiger partial charge in [0.25, 0.3) is 0 Å². The summed E-state index contributed by atoms with van der Waals surface area (Å²) in [5.74, 6) is 1.14. The van der Waals surface area contributed by atoms with E-state index in [9.17, 15) is 4.79 Å². The predicted octanol–water partition coefficient (Wildman–Crippen LogP) is 7.06. The minimum absolute atomic E-state index is 0.0917. The molecule has 2 aromatic rings. The maximum absolute atomic E-state index is 12.4. The third kappa shape index (κ3) is 7.97. The monoisotopic (exact) mass is 430 g/mol. The van der Waals surface area contributed by atoms with Crippen molar-refractivity contribution >= 4 is 11.0 Å². The number of methoxy groups -OCH3 is 1. The van der Waals surface area contributed by atoms with Gasteiger partial charge in [-0.1, -0.05) is 77.0 Å². The van der Waals surface area contributed by atoms with E-state index in [2.05, 4.69) is 26.0 Å². The molecule has 0 aliphatic heterocycles. The van der Waals surface area contributed by atoms with E-state index < -0.39 is 5.63 Å². The van der Waals surface area contributed by atoms with Gasteiger partial charge in [-0.25, -0.2) is 4.79 Å². The van der Waals surface area contributed by atoms with Crippen LogP contribution in [0.4, 0.5) is 0 Å². The largest absolute Gasteiger partial charge is 0.492 e. The van der Waals surface area contributed by atoms with Gasteiger partial charge in [-0.15, -0.1) is 0 Å². The summed E-state index contributed by atoms with van der Waals surface area (Å²) in [4.78, 5) is 12.4. The van der Waals surface area contributed by atoms with E-state index in [4.69, 9.17) is 18.6 Å².